The smallest absolute Gasteiger partial charge is 0.255 e. The number of anilines is 2. The maximum Gasteiger partial charge on any atom is 0.255 e. The zero-order valence-electron chi connectivity index (χ0n) is 19.7. The lowest BCUT2D eigenvalue weighted by atomic mass is 10.0. The van der Waals surface area contributed by atoms with Crippen LogP contribution >= 0.6 is 11.8 Å². The molecule has 6 nitrogen and oxygen atoms in total. The number of nitrogens with two attached hydrogens (primary N) is 1. The van der Waals surface area contributed by atoms with Gasteiger partial charge < -0.3 is 20.5 Å². The number of nitrogens with one attached hydrogen (secondary N) is 1. The van der Waals surface area contributed by atoms with Crippen molar-refractivity contribution in [1.29, 1.82) is 0 Å². The molecule has 1 aromatic heterocycles. The third kappa shape index (κ3) is 6.91. The first-order chi connectivity index (χ1) is 17.5. The van der Waals surface area contributed by atoms with Crippen molar-refractivity contribution < 1.29 is 18.7 Å². The van der Waals surface area contributed by atoms with Crippen molar-refractivity contribution in [2.45, 2.75) is 16.4 Å². The van der Waals surface area contributed by atoms with E-state index in [0.717, 1.165) is 26.6 Å². The highest BCUT2D eigenvalue weighted by Gasteiger charge is 2.10. The fourth-order valence-corrected chi connectivity index (χ4v) is 4.15. The second-order valence-corrected chi connectivity index (χ2v) is 9.07. The van der Waals surface area contributed by atoms with Gasteiger partial charge in [0, 0.05) is 28.7 Å². The van der Waals surface area contributed by atoms with Crippen LogP contribution in [0.15, 0.2) is 94.9 Å². The molecule has 0 unspecified atom stereocenters. The van der Waals surface area contributed by atoms with E-state index in [2.05, 4.69) is 10.3 Å². The van der Waals surface area contributed by atoms with Crippen molar-refractivity contribution >= 4 is 29.0 Å². The number of hydrogen-bond acceptors (Lipinski definition) is 6. The zero-order chi connectivity index (χ0) is 25.3. The van der Waals surface area contributed by atoms with Gasteiger partial charge in [-0.05, 0) is 71.8 Å². The van der Waals surface area contributed by atoms with Gasteiger partial charge >= 0.3 is 0 Å². The van der Waals surface area contributed by atoms with Crippen LogP contribution in [0.25, 0.3) is 11.1 Å². The largest absolute Gasteiger partial charge is 0.397 e. The first kappa shape index (κ1) is 25.4. The number of benzene rings is 3. The van der Waals surface area contributed by atoms with E-state index < -0.39 is 0 Å². The molecule has 0 saturated heterocycles. The van der Waals surface area contributed by atoms with E-state index in [1.165, 1.54) is 12.1 Å². The molecule has 0 spiro atoms. The van der Waals surface area contributed by atoms with E-state index in [0.29, 0.717) is 36.8 Å². The maximum atomic E-state index is 13.2. The number of carbonyl (C=O) groups is 1. The number of aromatic nitrogens is 1. The fraction of sp³-hybridized carbons (Fsp3) is 0.143. The average molecular weight is 504 g/mol. The fourth-order valence-electron chi connectivity index (χ4n) is 3.37. The summed E-state index contributed by atoms with van der Waals surface area (Å²) in [5.41, 5.74) is 10.0. The van der Waals surface area contributed by atoms with E-state index in [1.807, 2.05) is 30.3 Å². The molecular weight excluding hydrogens is 477 g/mol. The molecular formula is C28H26FN3O3S. The number of ether oxygens (including phenoxy) is 2. The number of amides is 1. The predicted molar refractivity (Wildman–Crippen MR) is 141 cm³/mol. The Morgan fingerprint density at radius 2 is 1.67 bits per heavy atom. The molecule has 3 N–H and O–H groups in total. The minimum atomic E-state index is -0.305. The van der Waals surface area contributed by atoms with E-state index in [1.54, 1.807) is 61.5 Å². The van der Waals surface area contributed by atoms with Crippen molar-refractivity contribution in [2.24, 2.45) is 0 Å². The van der Waals surface area contributed by atoms with Gasteiger partial charge in [-0.3, -0.25) is 9.78 Å². The Morgan fingerprint density at radius 1 is 0.944 bits per heavy atom. The number of methoxy groups -OCH3 is 1. The molecule has 0 aliphatic carbocycles. The third-order valence-corrected chi connectivity index (χ3v) is 6.30. The van der Waals surface area contributed by atoms with Crippen LogP contribution in [0, 0.1) is 5.82 Å². The Hall–Kier alpha value is -3.72. The monoisotopic (exact) mass is 503 g/mol. The van der Waals surface area contributed by atoms with Crippen LogP contribution in [0.3, 0.4) is 0 Å². The summed E-state index contributed by atoms with van der Waals surface area (Å²) in [6.07, 6.45) is 1.80. The zero-order valence-corrected chi connectivity index (χ0v) is 20.6. The van der Waals surface area contributed by atoms with E-state index >= 15 is 0 Å². The second kappa shape index (κ2) is 12.3. The van der Waals surface area contributed by atoms with E-state index in [9.17, 15) is 9.18 Å². The van der Waals surface area contributed by atoms with Crippen LogP contribution in [0.2, 0.25) is 0 Å². The summed E-state index contributed by atoms with van der Waals surface area (Å²) in [7, 11) is 1.64. The van der Waals surface area contributed by atoms with Gasteiger partial charge in [0.2, 0.25) is 0 Å². The van der Waals surface area contributed by atoms with Crippen LogP contribution in [0.5, 0.6) is 0 Å². The Bertz CT molecular complexity index is 1300. The molecule has 4 aromatic rings. The van der Waals surface area contributed by atoms with Crippen molar-refractivity contribution in [2.75, 3.05) is 31.4 Å². The molecule has 0 saturated carbocycles. The van der Waals surface area contributed by atoms with Crippen molar-refractivity contribution in [3.8, 4) is 11.1 Å². The number of carbonyl (C=O) groups excluding carboxylic acids is 1. The minimum absolute atomic E-state index is 0.269. The Morgan fingerprint density at radius 3 is 2.36 bits per heavy atom. The summed E-state index contributed by atoms with van der Waals surface area (Å²) in [5.74, 6) is -0.574. The lowest BCUT2D eigenvalue weighted by molar-refractivity contribution is 0.0602. The summed E-state index contributed by atoms with van der Waals surface area (Å²) in [4.78, 5) is 19.2. The maximum absolute atomic E-state index is 13.2. The van der Waals surface area contributed by atoms with Crippen LogP contribution in [0.1, 0.15) is 16.1 Å². The lowest BCUT2D eigenvalue weighted by Crippen LogP contribution is -2.13. The molecule has 36 heavy (non-hydrogen) atoms. The lowest BCUT2D eigenvalue weighted by Gasteiger charge is -2.11. The summed E-state index contributed by atoms with van der Waals surface area (Å²) >= 11 is 1.55. The number of hydrogen-bond donors (Lipinski definition) is 2. The SMILES string of the molecule is COCCOCc1ccc(Sc2ccc(C(=O)Nc3cc(-c4ccc(F)cc4)ccc3N)cc2)cn1. The Labute approximate surface area is 213 Å². The molecule has 0 atom stereocenters. The molecule has 184 valence electrons. The van der Waals surface area contributed by atoms with Gasteiger partial charge in [-0.15, -0.1) is 0 Å². The Kier molecular flexibility index (Phi) is 8.67. The standard InChI is InChI=1S/C28H26FN3O3S/c1-34-14-15-35-18-23-9-12-25(17-31-23)36-24-10-4-20(5-11-24)28(33)32-27-16-21(6-13-26(27)30)19-2-7-22(29)8-3-19/h2-13,16-17H,14-15,18,30H2,1H3,(H,32,33). The number of halogens is 1. The summed E-state index contributed by atoms with van der Waals surface area (Å²) < 4.78 is 23.7. The summed E-state index contributed by atoms with van der Waals surface area (Å²) in [6, 6.07) is 22.7. The first-order valence-corrected chi connectivity index (χ1v) is 12.1. The van der Waals surface area contributed by atoms with Crippen LogP contribution in [-0.4, -0.2) is 31.2 Å². The van der Waals surface area contributed by atoms with Crippen molar-refractivity contribution in [3.05, 3.63) is 102 Å². The number of rotatable bonds is 10. The molecule has 4 rings (SSSR count). The van der Waals surface area contributed by atoms with E-state index in [4.69, 9.17) is 15.2 Å². The van der Waals surface area contributed by atoms with Gasteiger partial charge in [-0.2, -0.15) is 0 Å². The average Bonchev–Trinajstić information content (AvgIpc) is 2.90. The number of nitrogens with zero attached hydrogens (tertiary/aromatic N) is 1. The first-order valence-electron chi connectivity index (χ1n) is 11.3. The minimum Gasteiger partial charge on any atom is -0.397 e. The molecule has 1 amide bonds. The molecule has 3 aromatic carbocycles. The molecule has 0 fully saturated rings. The second-order valence-electron chi connectivity index (χ2n) is 7.92. The highest BCUT2D eigenvalue weighted by Crippen LogP contribution is 2.29. The third-order valence-electron chi connectivity index (χ3n) is 5.31. The molecule has 0 radical (unpaired) electrons. The van der Waals surface area contributed by atoms with Gasteiger partial charge in [-0.1, -0.05) is 30.0 Å². The van der Waals surface area contributed by atoms with Crippen molar-refractivity contribution in [3.63, 3.8) is 0 Å². The van der Waals surface area contributed by atoms with Crippen LogP contribution in [-0.2, 0) is 16.1 Å². The summed E-state index contributed by atoms with van der Waals surface area (Å²) in [6.45, 7) is 1.52. The molecule has 8 heteroatoms. The van der Waals surface area contributed by atoms with Crippen LogP contribution < -0.4 is 11.1 Å². The highest BCUT2D eigenvalue weighted by molar-refractivity contribution is 7.99. The van der Waals surface area contributed by atoms with Crippen molar-refractivity contribution in [1.82, 2.24) is 4.98 Å². The van der Waals surface area contributed by atoms with Gasteiger partial charge in [0.25, 0.3) is 5.91 Å². The topological polar surface area (TPSA) is 86.5 Å². The normalized spacial score (nSPS) is 10.8. The summed E-state index contributed by atoms with van der Waals surface area (Å²) in [5, 5.41) is 2.87. The van der Waals surface area contributed by atoms with Gasteiger partial charge in [0.15, 0.2) is 0 Å². The predicted octanol–water partition coefficient (Wildman–Crippen LogP) is 6.04. The highest BCUT2D eigenvalue weighted by atomic mass is 32.2. The number of nitrogen functional groups attached to an aromatic ring is 1. The molecule has 0 aliphatic heterocycles. The van der Waals surface area contributed by atoms with Gasteiger partial charge in [-0.25, -0.2) is 4.39 Å². The number of pyridine rings is 1. The van der Waals surface area contributed by atoms with Crippen LogP contribution in [0.4, 0.5) is 15.8 Å². The van der Waals surface area contributed by atoms with Gasteiger partial charge in [0.1, 0.15) is 5.82 Å². The van der Waals surface area contributed by atoms with Gasteiger partial charge in [0.05, 0.1) is 36.9 Å². The van der Waals surface area contributed by atoms with E-state index in [-0.39, 0.29) is 11.7 Å². The molecule has 0 aliphatic rings. The molecule has 0 bridgehead atoms. The Balaban J connectivity index is 1.37. The quantitative estimate of drug-likeness (QED) is 0.203. The molecule has 1 heterocycles.